The summed E-state index contributed by atoms with van der Waals surface area (Å²) in [5.41, 5.74) is 6.10. The Morgan fingerprint density at radius 3 is 2.62 bits per heavy atom. The van der Waals surface area contributed by atoms with Crippen molar-refractivity contribution in [2.24, 2.45) is 7.05 Å². The fourth-order valence-corrected chi connectivity index (χ4v) is 1.30. The SMILES string of the molecule is Cn1cc(N)c(NCCCCC(F)(F)F)n1. The topological polar surface area (TPSA) is 55.9 Å². The Balaban J connectivity index is 2.19. The Kier molecular flexibility index (Phi) is 4.03. The Morgan fingerprint density at radius 2 is 2.12 bits per heavy atom. The molecule has 0 aromatic carbocycles. The van der Waals surface area contributed by atoms with Gasteiger partial charge >= 0.3 is 6.18 Å². The van der Waals surface area contributed by atoms with Crippen LogP contribution in [0.1, 0.15) is 19.3 Å². The summed E-state index contributed by atoms with van der Waals surface area (Å²) in [7, 11) is 1.73. The molecular weight excluding hydrogens is 221 g/mol. The van der Waals surface area contributed by atoms with Gasteiger partial charge in [-0.3, -0.25) is 4.68 Å². The van der Waals surface area contributed by atoms with Crippen LogP contribution in [0.5, 0.6) is 0 Å². The zero-order valence-electron chi connectivity index (χ0n) is 9.01. The van der Waals surface area contributed by atoms with E-state index < -0.39 is 12.6 Å². The number of alkyl halides is 3. The molecule has 1 rings (SSSR count). The van der Waals surface area contributed by atoms with Crippen molar-refractivity contribution in [2.75, 3.05) is 17.6 Å². The molecule has 16 heavy (non-hydrogen) atoms. The number of hydrogen-bond acceptors (Lipinski definition) is 3. The zero-order valence-corrected chi connectivity index (χ0v) is 9.01. The van der Waals surface area contributed by atoms with Gasteiger partial charge in [-0.2, -0.15) is 18.3 Å². The number of unbranched alkanes of at least 4 members (excludes halogenated alkanes) is 1. The van der Waals surface area contributed by atoms with Crippen LogP contribution in [-0.4, -0.2) is 22.5 Å². The van der Waals surface area contributed by atoms with Crippen LogP contribution in [-0.2, 0) is 7.05 Å². The third kappa shape index (κ3) is 4.41. The van der Waals surface area contributed by atoms with E-state index in [1.54, 1.807) is 17.9 Å². The number of nitrogens with two attached hydrogens (primary N) is 1. The molecule has 1 aromatic rings. The summed E-state index contributed by atoms with van der Waals surface area (Å²) >= 11 is 0. The largest absolute Gasteiger partial charge is 0.394 e. The molecule has 3 N–H and O–H groups in total. The maximum Gasteiger partial charge on any atom is 0.389 e. The number of nitrogens with one attached hydrogen (secondary N) is 1. The minimum atomic E-state index is -4.07. The number of rotatable bonds is 5. The van der Waals surface area contributed by atoms with Crippen LogP contribution in [0.25, 0.3) is 0 Å². The Bertz CT molecular complexity index is 332. The fraction of sp³-hybridized carbons (Fsp3) is 0.667. The maximum atomic E-state index is 11.8. The van der Waals surface area contributed by atoms with Gasteiger partial charge in [-0.05, 0) is 12.8 Å². The lowest BCUT2D eigenvalue weighted by Gasteiger charge is -2.06. The van der Waals surface area contributed by atoms with Crippen molar-refractivity contribution in [1.29, 1.82) is 0 Å². The average molecular weight is 236 g/mol. The van der Waals surface area contributed by atoms with Gasteiger partial charge in [0.2, 0.25) is 0 Å². The number of aromatic nitrogens is 2. The van der Waals surface area contributed by atoms with E-state index in [4.69, 9.17) is 5.73 Å². The number of nitrogens with zero attached hydrogens (tertiary/aromatic N) is 2. The van der Waals surface area contributed by atoms with E-state index in [-0.39, 0.29) is 6.42 Å². The molecule has 1 heterocycles. The maximum absolute atomic E-state index is 11.8. The first-order valence-electron chi connectivity index (χ1n) is 4.98. The predicted octanol–water partition coefficient (Wildman–Crippen LogP) is 2.15. The number of nitrogen functional groups attached to an aromatic ring is 1. The summed E-state index contributed by atoms with van der Waals surface area (Å²) in [6.45, 7) is 0.442. The fourth-order valence-electron chi connectivity index (χ4n) is 1.30. The molecule has 1 aromatic heterocycles. The first-order valence-corrected chi connectivity index (χ1v) is 4.98. The van der Waals surface area contributed by atoms with E-state index in [1.165, 1.54) is 0 Å². The summed E-state index contributed by atoms with van der Waals surface area (Å²) in [5.74, 6) is 0.523. The molecule has 0 radical (unpaired) electrons. The van der Waals surface area contributed by atoms with Crippen LogP contribution >= 0.6 is 0 Å². The molecule has 0 atom stereocenters. The van der Waals surface area contributed by atoms with Crippen molar-refractivity contribution in [1.82, 2.24) is 9.78 Å². The van der Waals surface area contributed by atoms with Gasteiger partial charge < -0.3 is 11.1 Å². The third-order valence-corrected chi connectivity index (χ3v) is 2.04. The number of anilines is 2. The molecule has 0 aliphatic carbocycles. The molecular formula is C9H15F3N4. The standard InChI is InChI=1S/C9H15F3N4/c1-16-6-7(13)8(15-16)14-5-3-2-4-9(10,11)12/h6H,2-5,13H2,1H3,(H,14,15). The smallest absolute Gasteiger partial charge is 0.389 e. The summed E-state index contributed by atoms with van der Waals surface area (Å²) in [6, 6.07) is 0. The lowest BCUT2D eigenvalue weighted by atomic mass is 10.2. The molecule has 0 bridgehead atoms. The minimum absolute atomic E-state index is 0.114. The van der Waals surface area contributed by atoms with Gasteiger partial charge in [-0.15, -0.1) is 0 Å². The second-order valence-electron chi connectivity index (χ2n) is 3.61. The van der Waals surface area contributed by atoms with E-state index in [2.05, 4.69) is 10.4 Å². The monoisotopic (exact) mass is 236 g/mol. The number of halogens is 3. The Hall–Kier alpha value is -1.40. The van der Waals surface area contributed by atoms with Crippen molar-refractivity contribution in [3.05, 3.63) is 6.20 Å². The normalized spacial score (nSPS) is 11.8. The number of aryl methyl sites for hydroxylation is 1. The van der Waals surface area contributed by atoms with Crippen LogP contribution in [0, 0.1) is 0 Å². The van der Waals surface area contributed by atoms with Crippen LogP contribution in [0.4, 0.5) is 24.7 Å². The highest BCUT2D eigenvalue weighted by atomic mass is 19.4. The first-order chi connectivity index (χ1) is 7.38. The van der Waals surface area contributed by atoms with E-state index in [0.717, 1.165) is 0 Å². The van der Waals surface area contributed by atoms with E-state index in [9.17, 15) is 13.2 Å². The van der Waals surface area contributed by atoms with Crippen LogP contribution in [0.3, 0.4) is 0 Å². The number of hydrogen-bond donors (Lipinski definition) is 2. The van der Waals surface area contributed by atoms with Gasteiger partial charge in [0.1, 0.15) is 0 Å². The van der Waals surface area contributed by atoms with Gasteiger partial charge in [-0.25, -0.2) is 0 Å². The van der Waals surface area contributed by atoms with Gasteiger partial charge in [0.15, 0.2) is 5.82 Å². The summed E-state index contributed by atoms with van der Waals surface area (Å²) in [5, 5.41) is 6.91. The molecule has 0 saturated heterocycles. The molecule has 0 aliphatic heterocycles. The summed E-state index contributed by atoms with van der Waals surface area (Å²) < 4.78 is 37.0. The van der Waals surface area contributed by atoms with E-state index in [0.29, 0.717) is 24.5 Å². The van der Waals surface area contributed by atoms with Crippen molar-refractivity contribution in [3.63, 3.8) is 0 Å². The second kappa shape index (κ2) is 5.09. The molecule has 7 heteroatoms. The lowest BCUT2D eigenvalue weighted by molar-refractivity contribution is -0.135. The lowest BCUT2D eigenvalue weighted by Crippen LogP contribution is -2.09. The molecule has 0 unspecified atom stereocenters. The van der Waals surface area contributed by atoms with Gasteiger partial charge in [0, 0.05) is 26.2 Å². The molecule has 4 nitrogen and oxygen atoms in total. The molecule has 0 fully saturated rings. The minimum Gasteiger partial charge on any atom is -0.394 e. The van der Waals surface area contributed by atoms with Crippen LogP contribution in [0.2, 0.25) is 0 Å². The zero-order chi connectivity index (χ0) is 12.2. The van der Waals surface area contributed by atoms with Gasteiger partial charge in [0.25, 0.3) is 0 Å². The van der Waals surface area contributed by atoms with Crippen molar-refractivity contribution in [2.45, 2.75) is 25.4 Å². The van der Waals surface area contributed by atoms with E-state index in [1.807, 2.05) is 0 Å². The highest BCUT2D eigenvalue weighted by molar-refractivity contribution is 5.59. The molecule has 0 amide bonds. The van der Waals surface area contributed by atoms with E-state index >= 15 is 0 Å². The van der Waals surface area contributed by atoms with Crippen molar-refractivity contribution in [3.8, 4) is 0 Å². The summed E-state index contributed by atoms with van der Waals surface area (Å²) in [4.78, 5) is 0. The van der Waals surface area contributed by atoms with Gasteiger partial charge in [0.05, 0.1) is 5.69 Å². The first kappa shape index (κ1) is 12.7. The molecule has 92 valence electrons. The van der Waals surface area contributed by atoms with Gasteiger partial charge in [-0.1, -0.05) is 0 Å². The third-order valence-electron chi connectivity index (χ3n) is 2.04. The van der Waals surface area contributed by atoms with Crippen LogP contribution < -0.4 is 11.1 Å². The summed E-state index contributed by atoms with van der Waals surface area (Å²) in [6.07, 6.45) is -2.62. The average Bonchev–Trinajstić information content (AvgIpc) is 2.42. The Morgan fingerprint density at radius 1 is 1.44 bits per heavy atom. The second-order valence-corrected chi connectivity index (χ2v) is 3.61. The molecule has 0 saturated carbocycles. The molecule has 0 aliphatic rings. The quantitative estimate of drug-likeness (QED) is 0.770. The Labute approximate surface area is 91.6 Å². The molecule has 0 spiro atoms. The highest BCUT2D eigenvalue weighted by Crippen LogP contribution is 2.22. The van der Waals surface area contributed by atoms with Crippen molar-refractivity contribution < 1.29 is 13.2 Å². The van der Waals surface area contributed by atoms with Crippen molar-refractivity contribution >= 4 is 11.5 Å². The predicted molar refractivity (Wildman–Crippen MR) is 56.0 cm³/mol. The van der Waals surface area contributed by atoms with Crippen LogP contribution in [0.15, 0.2) is 6.20 Å². The highest BCUT2D eigenvalue weighted by Gasteiger charge is 2.25.